The monoisotopic (exact) mass is 332 g/mol. The van der Waals surface area contributed by atoms with Gasteiger partial charge in [0.05, 0.1) is 14.2 Å². The summed E-state index contributed by atoms with van der Waals surface area (Å²) in [5.74, 6) is -0.459. The first-order valence-corrected chi connectivity index (χ1v) is 8.42. The van der Waals surface area contributed by atoms with Gasteiger partial charge in [-0.3, -0.25) is 0 Å². The number of benzene rings is 1. The van der Waals surface area contributed by atoms with Gasteiger partial charge in [0.25, 0.3) is 0 Å². The van der Waals surface area contributed by atoms with Crippen LogP contribution in [0.2, 0.25) is 0 Å². The van der Waals surface area contributed by atoms with Gasteiger partial charge in [-0.2, -0.15) is 4.31 Å². The topological polar surface area (TPSA) is 81.9 Å². The molecule has 1 fully saturated rings. The van der Waals surface area contributed by atoms with Crippen molar-refractivity contribution in [2.75, 3.05) is 27.3 Å². The number of sulfonamides is 1. The second kappa shape index (κ2) is 6.39. The van der Waals surface area contributed by atoms with E-state index in [1.807, 2.05) is 6.92 Å². The molecule has 2 unspecified atom stereocenters. The van der Waals surface area contributed by atoms with Crippen molar-refractivity contribution in [1.82, 2.24) is 4.31 Å². The Morgan fingerprint density at radius 3 is 2.41 bits per heavy atom. The molecule has 124 valence electrons. The number of hydrogen-bond acceptors (Lipinski definition) is 5. The van der Waals surface area contributed by atoms with E-state index in [4.69, 9.17) is 15.2 Å². The van der Waals surface area contributed by atoms with E-state index in [9.17, 15) is 12.8 Å². The van der Waals surface area contributed by atoms with Crippen LogP contribution in [0.5, 0.6) is 11.5 Å². The number of nitrogens with two attached hydrogens (primary N) is 1. The lowest BCUT2D eigenvalue weighted by Gasteiger charge is -2.19. The minimum absolute atomic E-state index is 0.0815. The summed E-state index contributed by atoms with van der Waals surface area (Å²) in [7, 11) is -1.20. The molecule has 0 amide bonds. The van der Waals surface area contributed by atoms with Crippen LogP contribution >= 0.6 is 0 Å². The number of nitrogens with zero attached hydrogens (tertiary/aromatic N) is 1. The normalized spacial score (nSPS) is 20.9. The third kappa shape index (κ3) is 3.04. The zero-order valence-electron chi connectivity index (χ0n) is 12.9. The Balaban J connectivity index is 2.38. The minimum atomic E-state index is -3.93. The molecule has 2 atom stereocenters. The molecule has 0 spiro atoms. The molecule has 22 heavy (non-hydrogen) atoms. The van der Waals surface area contributed by atoms with Crippen molar-refractivity contribution >= 4 is 10.0 Å². The van der Waals surface area contributed by atoms with Gasteiger partial charge in [0.1, 0.15) is 10.7 Å². The van der Waals surface area contributed by atoms with Crippen molar-refractivity contribution in [3.8, 4) is 11.5 Å². The Labute approximate surface area is 130 Å². The summed E-state index contributed by atoms with van der Waals surface area (Å²) in [4.78, 5) is -0.407. The summed E-state index contributed by atoms with van der Waals surface area (Å²) in [5.41, 5.74) is 5.82. The third-order valence-electron chi connectivity index (χ3n) is 3.99. The van der Waals surface area contributed by atoms with E-state index in [1.54, 1.807) is 0 Å². The average Bonchev–Trinajstić information content (AvgIpc) is 2.97. The van der Waals surface area contributed by atoms with Crippen molar-refractivity contribution in [3.63, 3.8) is 0 Å². The molecule has 0 saturated carbocycles. The number of methoxy groups -OCH3 is 2. The standard InChI is InChI=1S/C14H21FN2O4S/c1-9(16)10-4-5-17(8-10)22(18,19)14-7-13(21-3)12(20-2)6-11(14)15/h6-7,9-10H,4-5,8,16H2,1-3H3. The van der Waals surface area contributed by atoms with E-state index in [2.05, 4.69) is 0 Å². The summed E-state index contributed by atoms with van der Waals surface area (Å²) >= 11 is 0. The lowest BCUT2D eigenvalue weighted by molar-refractivity contribution is 0.349. The summed E-state index contributed by atoms with van der Waals surface area (Å²) in [6.45, 7) is 2.48. The maximum Gasteiger partial charge on any atom is 0.246 e. The fourth-order valence-corrected chi connectivity index (χ4v) is 4.15. The maximum atomic E-state index is 14.2. The quantitative estimate of drug-likeness (QED) is 0.876. The van der Waals surface area contributed by atoms with Crippen LogP contribution in [0, 0.1) is 11.7 Å². The molecule has 1 heterocycles. The molecule has 0 radical (unpaired) electrons. The van der Waals surface area contributed by atoms with E-state index < -0.39 is 20.7 Å². The highest BCUT2D eigenvalue weighted by Crippen LogP contribution is 2.34. The SMILES string of the molecule is COc1cc(F)c(S(=O)(=O)N2CCC(C(C)N)C2)cc1OC. The van der Waals surface area contributed by atoms with Crippen molar-refractivity contribution in [2.45, 2.75) is 24.3 Å². The summed E-state index contributed by atoms with van der Waals surface area (Å²) in [5, 5.41) is 0. The number of hydrogen-bond donors (Lipinski definition) is 1. The lowest BCUT2D eigenvalue weighted by atomic mass is 10.0. The van der Waals surface area contributed by atoms with Gasteiger partial charge < -0.3 is 15.2 Å². The third-order valence-corrected chi connectivity index (χ3v) is 5.87. The van der Waals surface area contributed by atoms with Gasteiger partial charge >= 0.3 is 0 Å². The second-order valence-electron chi connectivity index (χ2n) is 5.41. The van der Waals surface area contributed by atoms with Crippen molar-refractivity contribution in [3.05, 3.63) is 17.9 Å². The molecule has 1 aromatic carbocycles. The average molecular weight is 332 g/mol. The molecule has 2 N–H and O–H groups in total. The smallest absolute Gasteiger partial charge is 0.246 e. The van der Waals surface area contributed by atoms with Crippen LogP contribution in [-0.2, 0) is 10.0 Å². The first kappa shape index (κ1) is 17.0. The van der Waals surface area contributed by atoms with Gasteiger partial charge in [0.2, 0.25) is 10.0 Å². The molecular formula is C14H21FN2O4S. The summed E-state index contributed by atoms with van der Waals surface area (Å²) in [6.07, 6.45) is 0.672. The minimum Gasteiger partial charge on any atom is -0.493 e. The van der Waals surface area contributed by atoms with E-state index in [0.29, 0.717) is 19.5 Å². The Kier molecular flexibility index (Phi) is 4.93. The molecule has 1 aliphatic rings. The van der Waals surface area contributed by atoms with Crippen molar-refractivity contribution in [1.29, 1.82) is 0 Å². The van der Waals surface area contributed by atoms with Gasteiger partial charge in [0.15, 0.2) is 11.5 Å². The van der Waals surface area contributed by atoms with Crippen LogP contribution in [0.15, 0.2) is 17.0 Å². The van der Waals surface area contributed by atoms with Crippen LogP contribution in [0.1, 0.15) is 13.3 Å². The molecule has 8 heteroatoms. The fraction of sp³-hybridized carbons (Fsp3) is 0.571. The van der Waals surface area contributed by atoms with Gasteiger partial charge in [-0.25, -0.2) is 12.8 Å². The van der Waals surface area contributed by atoms with Crippen LogP contribution < -0.4 is 15.2 Å². The van der Waals surface area contributed by atoms with E-state index in [0.717, 1.165) is 12.1 Å². The fourth-order valence-electron chi connectivity index (χ4n) is 2.57. The molecular weight excluding hydrogens is 311 g/mol. The highest BCUT2D eigenvalue weighted by Gasteiger charge is 2.36. The molecule has 1 aromatic rings. The van der Waals surface area contributed by atoms with Crippen LogP contribution in [-0.4, -0.2) is 46.1 Å². The summed E-state index contributed by atoms with van der Waals surface area (Å²) < 4.78 is 50.8. The van der Waals surface area contributed by atoms with Gasteiger partial charge in [-0.15, -0.1) is 0 Å². The Morgan fingerprint density at radius 2 is 1.91 bits per heavy atom. The predicted octanol–water partition coefficient (Wildman–Crippen LogP) is 1.20. The van der Waals surface area contributed by atoms with Gasteiger partial charge in [-0.05, 0) is 19.3 Å². The molecule has 1 saturated heterocycles. The molecule has 0 bridgehead atoms. The van der Waals surface area contributed by atoms with E-state index in [1.165, 1.54) is 18.5 Å². The van der Waals surface area contributed by atoms with E-state index >= 15 is 0 Å². The molecule has 1 aliphatic heterocycles. The highest BCUT2D eigenvalue weighted by molar-refractivity contribution is 7.89. The predicted molar refractivity (Wildman–Crippen MR) is 80.0 cm³/mol. The highest BCUT2D eigenvalue weighted by atomic mass is 32.2. The Bertz CT molecular complexity index is 648. The summed E-state index contributed by atoms with van der Waals surface area (Å²) in [6, 6.07) is 2.07. The second-order valence-corrected chi connectivity index (χ2v) is 7.31. The Morgan fingerprint density at radius 1 is 1.32 bits per heavy atom. The lowest BCUT2D eigenvalue weighted by Crippen LogP contribution is -2.33. The maximum absolute atomic E-state index is 14.2. The first-order chi connectivity index (χ1) is 10.3. The van der Waals surface area contributed by atoms with Gasteiger partial charge in [0, 0.05) is 31.3 Å². The molecule has 2 rings (SSSR count). The first-order valence-electron chi connectivity index (χ1n) is 6.98. The van der Waals surface area contributed by atoms with Crippen molar-refractivity contribution in [2.24, 2.45) is 11.7 Å². The van der Waals surface area contributed by atoms with Gasteiger partial charge in [-0.1, -0.05) is 0 Å². The van der Waals surface area contributed by atoms with Crippen LogP contribution in [0.3, 0.4) is 0 Å². The molecule has 0 aromatic heterocycles. The van der Waals surface area contributed by atoms with Crippen molar-refractivity contribution < 1.29 is 22.3 Å². The molecule has 0 aliphatic carbocycles. The Hall–Kier alpha value is -1.38. The number of halogens is 1. The van der Waals surface area contributed by atoms with E-state index in [-0.39, 0.29) is 23.5 Å². The number of rotatable bonds is 5. The zero-order valence-corrected chi connectivity index (χ0v) is 13.7. The molecule has 6 nitrogen and oxygen atoms in total. The van der Waals surface area contributed by atoms with Crippen LogP contribution in [0.25, 0.3) is 0 Å². The zero-order chi connectivity index (χ0) is 16.5. The van der Waals surface area contributed by atoms with Crippen LogP contribution in [0.4, 0.5) is 4.39 Å². The number of ether oxygens (including phenoxy) is 2. The largest absolute Gasteiger partial charge is 0.493 e.